The van der Waals surface area contributed by atoms with Crippen LogP contribution in [0.15, 0.2) is 24.3 Å². The molecule has 1 aromatic rings. The third-order valence-corrected chi connectivity index (χ3v) is 4.07. The molecule has 0 bridgehead atoms. The first kappa shape index (κ1) is 18.9. The van der Waals surface area contributed by atoms with Gasteiger partial charge in [0.05, 0.1) is 6.61 Å². The number of hydrogen-bond acceptors (Lipinski definition) is 4. The van der Waals surface area contributed by atoms with Gasteiger partial charge in [-0.3, -0.25) is 4.79 Å². The molecule has 1 aliphatic rings. The Hall–Kier alpha value is -1.14. The highest BCUT2D eigenvalue weighted by Gasteiger charge is 2.39. The average molecular weight is 329 g/mol. The second-order valence-electron chi connectivity index (χ2n) is 5.33. The van der Waals surface area contributed by atoms with Crippen LogP contribution in [0.3, 0.4) is 0 Å². The van der Waals surface area contributed by atoms with Crippen molar-refractivity contribution in [2.75, 3.05) is 27.3 Å². The number of carbonyl (C=O) groups excluding carboxylic acids is 1. The molecule has 0 unspecified atom stereocenters. The monoisotopic (exact) mass is 328 g/mol. The van der Waals surface area contributed by atoms with Gasteiger partial charge < -0.3 is 20.1 Å². The third-order valence-electron chi connectivity index (χ3n) is 4.07. The molecule has 1 heterocycles. The molecule has 0 spiro atoms. The van der Waals surface area contributed by atoms with E-state index in [4.69, 9.17) is 9.47 Å². The molecular formula is C16H25ClN2O3. The molecule has 6 heteroatoms. The third kappa shape index (κ3) is 4.43. The number of benzene rings is 1. The van der Waals surface area contributed by atoms with Crippen LogP contribution < -0.4 is 10.6 Å². The van der Waals surface area contributed by atoms with Crippen LogP contribution in [0.25, 0.3) is 0 Å². The second-order valence-corrected chi connectivity index (χ2v) is 5.33. The van der Waals surface area contributed by atoms with E-state index >= 15 is 0 Å². The number of ether oxygens (including phenoxy) is 2. The fraction of sp³-hybridized carbons (Fsp3) is 0.562. The second kappa shape index (κ2) is 9.10. The van der Waals surface area contributed by atoms with Crippen molar-refractivity contribution < 1.29 is 14.3 Å². The Morgan fingerprint density at radius 3 is 2.45 bits per heavy atom. The Morgan fingerprint density at radius 2 is 1.86 bits per heavy atom. The van der Waals surface area contributed by atoms with Crippen molar-refractivity contribution in [3.05, 3.63) is 35.4 Å². The Labute approximate surface area is 138 Å². The van der Waals surface area contributed by atoms with Gasteiger partial charge in [0, 0.05) is 20.8 Å². The number of halogens is 1. The number of amides is 1. The van der Waals surface area contributed by atoms with Gasteiger partial charge in [-0.05, 0) is 37.1 Å². The molecule has 0 radical (unpaired) electrons. The molecule has 0 aromatic heterocycles. The molecule has 1 aromatic carbocycles. The average Bonchev–Trinajstić information content (AvgIpc) is 2.54. The van der Waals surface area contributed by atoms with E-state index in [-0.39, 0.29) is 18.3 Å². The molecule has 0 aliphatic carbocycles. The van der Waals surface area contributed by atoms with Gasteiger partial charge in [0.2, 0.25) is 0 Å². The number of methoxy groups -OCH3 is 2. The summed E-state index contributed by atoms with van der Waals surface area (Å²) in [5.74, 6) is -0.0290. The van der Waals surface area contributed by atoms with Gasteiger partial charge in [0.1, 0.15) is 5.60 Å². The van der Waals surface area contributed by atoms with Crippen LogP contribution in [-0.4, -0.2) is 38.8 Å². The van der Waals surface area contributed by atoms with Crippen LogP contribution in [0.1, 0.15) is 24.0 Å². The Morgan fingerprint density at radius 1 is 1.23 bits per heavy atom. The fourth-order valence-electron chi connectivity index (χ4n) is 2.72. The first-order chi connectivity index (χ1) is 10.2. The molecule has 0 saturated carbocycles. The quantitative estimate of drug-likeness (QED) is 0.833. The lowest BCUT2D eigenvalue weighted by Gasteiger charge is -2.34. The number of piperidine rings is 1. The van der Waals surface area contributed by atoms with E-state index in [2.05, 4.69) is 10.6 Å². The summed E-state index contributed by atoms with van der Waals surface area (Å²) in [6.45, 7) is 2.66. The summed E-state index contributed by atoms with van der Waals surface area (Å²) in [6.07, 6.45) is 1.41. The van der Waals surface area contributed by atoms with Crippen molar-refractivity contribution in [2.45, 2.75) is 31.6 Å². The zero-order valence-corrected chi connectivity index (χ0v) is 14.0. The summed E-state index contributed by atoms with van der Waals surface area (Å²) in [5, 5.41) is 6.26. The molecule has 1 amide bonds. The highest BCUT2D eigenvalue weighted by atomic mass is 35.5. The highest BCUT2D eigenvalue weighted by Crippen LogP contribution is 2.23. The highest BCUT2D eigenvalue weighted by molar-refractivity contribution is 5.85. The number of nitrogens with one attached hydrogen (secondary N) is 2. The maximum Gasteiger partial charge on any atom is 0.252 e. The van der Waals surface area contributed by atoms with Crippen LogP contribution in [0.2, 0.25) is 0 Å². The number of carbonyl (C=O) groups is 1. The molecule has 1 aliphatic heterocycles. The van der Waals surface area contributed by atoms with Crippen molar-refractivity contribution in [1.82, 2.24) is 10.6 Å². The molecule has 0 atom stereocenters. The van der Waals surface area contributed by atoms with Crippen molar-refractivity contribution in [1.29, 1.82) is 0 Å². The minimum absolute atomic E-state index is 0. The van der Waals surface area contributed by atoms with E-state index in [0.29, 0.717) is 26.0 Å². The molecule has 5 nitrogen and oxygen atoms in total. The van der Waals surface area contributed by atoms with Crippen LogP contribution in [0, 0.1) is 0 Å². The maximum absolute atomic E-state index is 12.5. The van der Waals surface area contributed by atoms with E-state index in [1.807, 2.05) is 24.3 Å². The maximum atomic E-state index is 12.5. The zero-order chi connectivity index (χ0) is 15.1. The number of rotatable bonds is 6. The van der Waals surface area contributed by atoms with Crippen molar-refractivity contribution >= 4 is 18.3 Å². The van der Waals surface area contributed by atoms with Gasteiger partial charge >= 0.3 is 0 Å². The lowest BCUT2D eigenvalue weighted by Crippen LogP contribution is -2.54. The predicted octanol–water partition coefficient (Wildman–Crippen LogP) is 1.64. The van der Waals surface area contributed by atoms with Crippen molar-refractivity contribution in [2.24, 2.45) is 0 Å². The van der Waals surface area contributed by atoms with Gasteiger partial charge in [-0.1, -0.05) is 24.3 Å². The topological polar surface area (TPSA) is 59.6 Å². The summed E-state index contributed by atoms with van der Waals surface area (Å²) >= 11 is 0. The Bertz CT molecular complexity index is 476. The molecule has 2 rings (SSSR count). The minimum atomic E-state index is -0.693. The smallest absolute Gasteiger partial charge is 0.252 e. The Balaban J connectivity index is 0.00000242. The predicted molar refractivity (Wildman–Crippen MR) is 88.1 cm³/mol. The lowest BCUT2D eigenvalue weighted by atomic mass is 9.91. The van der Waals surface area contributed by atoms with Gasteiger partial charge in [0.25, 0.3) is 5.91 Å². The van der Waals surface area contributed by atoms with Crippen LogP contribution >= 0.6 is 12.4 Å². The SMILES string of the molecule is COCc1ccccc1CNC(=O)C1(OC)CCNCC1.Cl. The summed E-state index contributed by atoms with van der Waals surface area (Å²) in [7, 11) is 3.29. The van der Waals surface area contributed by atoms with E-state index in [0.717, 1.165) is 24.2 Å². The van der Waals surface area contributed by atoms with E-state index in [9.17, 15) is 4.79 Å². The van der Waals surface area contributed by atoms with E-state index in [1.165, 1.54) is 0 Å². The fourth-order valence-corrected chi connectivity index (χ4v) is 2.72. The van der Waals surface area contributed by atoms with Crippen LogP contribution in [-0.2, 0) is 27.4 Å². The summed E-state index contributed by atoms with van der Waals surface area (Å²) in [4.78, 5) is 12.5. The summed E-state index contributed by atoms with van der Waals surface area (Å²) in [6, 6.07) is 7.97. The standard InChI is InChI=1S/C16H24N2O3.ClH/c1-20-12-14-6-4-3-5-13(14)11-18-15(19)16(21-2)7-9-17-10-8-16;/h3-6,17H,7-12H2,1-2H3,(H,18,19);1H. The molecule has 1 fully saturated rings. The van der Waals surface area contributed by atoms with Crippen LogP contribution in [0.4, 0.5) is 0 Å². The van der Waals surface area contributed by atoms with E-state index < -0.39 is 5.60 Å². The normalized spacial score (nSPS) is 16.6. The van der Waals surface area contributed by atoms with Crippen molar-refractivity contribution in [3.63, 3.8) is 0 Å². The number of hydrogen-bond donors (Lipinski definition) is 2. The molecular weight excluding hydrogens is 304 g/mol. The zero-order valence-electron chi connectivity index (χ0n) is 13.2. The molecule has 1 saturated heterocycles. The molecule has 22 heavy (non-hydrogen) atoms. The molecule has 124 valence electrons. The van der Waals surface area contributed by atoms with Gasteiger partial charge in [-0.15, -0.1) is 12.4 Å². The van der Waals surface area contributed by atoms with Crippen molar-refractivity contribution in [3.8, 4) is 0 Å². The lowest BCUT2D eigenvalue weighted by molar-refractivity contribution is -0.146. The Kier molecular flexibility index (Phi) is 7.82. The van der Waals surface area contributed by atoms with E-state index in [1.54, 1.807) is 14.2 Å². The first-order valence-corrected chi connectivity index (χ1v) is 7.32. The van der Waals surface area contributed by atoms with Gasteiger partial charge in [0.15, 0.2) is 0 Å². The summed E-state index contributed by atoms with van der Waals surface area (Å²) < 4.78 is 10.7. The molecule has 2 N–H and O–H groups in total. The summed E-state index contributed by atoms with van der Waals surface area (Å²) in [5.41, 5.74) is 1.48. The minimum Gasteiger partial charge on any atom is -0.380 e. The largest absolute Gasteiger partial charge is 0.380 e. The van der Waals surface area contributed by atoms with Gasteiger partial charge in [-0.2, -0.15) is 0 Å². The van der Waals surface area contributed by atoms with Crippen LogP contribution in [0.5, 0.6) is 0 Å². The van der Waals surface area contributed by atoms with Gasteiger partial charge in [-0.25, -0.2) is 0 Å². The first-order valence-electron chi connectivity index (χ1n) is 7.32.